The molecular formula is C16H17ClN2O2. The first kappa shape index (κ1) is 15.2. The lowest BCUT2D eigenvalue weighted by Crippen LogP contribution is -2.23. The fourth-order valence-corrected chi connectivity index (χ4v) is 2.38. The Morgan fingerprint density at radius 1 is 1.29 bits per heavy atom. The number of halogens is 1. The zero-order valence-corrected chi connectivity index (χ0v) is 12.6. The van der Waals surface area contributed by atoms with Gasteiger partial charge >= 0.3 is 5.97 Å². The largest absolute Gasteiger partial charge is 0.478 e. The minimum Gasteiger partial charge on any atom is -0.478 e. The molecule has 21 heavy (non-hydrogen) atoms. The third-order valence-electron chi connectivity index (χ3n) is 3.57. The Morgan fingerprint density at radius 2 is 2.00 bits per heavy atom. The van der Waals surface area contributed by atoms with Crippen molar-refractivity contribution in [3.8, 4) is 0 Å². The van der Waals surface area contributed by atoms with E-state index in [1.807, 2.05) is 43.1 Å². The van der Waals surface area contributed by atoms with E-state index in [0.717, 1.165) is 5.56 Å². The number of hydrogen-bond acceptors (Lipinski definition) is 3. The highest BCUT2D eigenvalue weighted by Crippen LogP contribution is 2.31. The van der Waals surface area contributed by atoms with Crippen LogP contribution in [0, 0.1) is 0 Å². The molecule has 0 amide bonds. The van der Waals surface area contributed by atoms with Gasteiger partial charge in [-0.2, -0.15) is 0 Å². The van der Waals surface area contributed by atoms with E-state index in [1.165, 1.54) is 6.07 Å². The van der Waals surface area contributed by atoms with Crippen LogP contribution in [0.25, 0.3) is 0 Å². The topological polar surface area (TPSA) is 66.6 Å². The van der Waals surface area contributed by atoms with Gasteiger partial charge in [-0.15, -0.1) is 0 Å². The Kier molecular flexibility index (Phi) is 4.38. The fourth-order valence-electron chi connectivity index (χ4n) is 2.18. The molecular weight excluding hydrogens is 288 g/mol. The maximum Gasteiger partial charge on any atom is 0.335 e. The molecule has 2 rings (SSSR count). The summed E-state index contributed by atoms with van der Waals surface area (Å²) in [6.07, 6.45) is 0. The molecule has 0 radical (unpaired) electrons. The SMILES string of the molecule is CC(c1cccc(Cl)c1)N(C)c1cc(C(=O)O)ccc1N. The van der Waals surface area contributed by atoms with Crippen LogP contribution in [0.2, 0.25) is 5.02 Å². The van der Waals surface area contributed by atoms with E-state index in [9.17, 15) is 4.79 Å². The zero-order chi connectivity index (χ0) is 15.6. The lowest BCUT2D eigenvalue weighted by molar-refractivity contribution is 0.0697. The molecule has 5 heteroatoms. The van der Waals surface area contributed by atoms with Crippen molar-refractivity contribution >= 4 is 28.9 Å². The van der Waals surface area contributed by atoms with E-state index < -0.39 is 5.97 Å². The Morgan fingerprint density at radius 3 is 2.62 bits per heavy atom. The molecule has 4 nitrogen and oxygen atoms in total. The summed E-state index contributed by atoms with van der Waals surface area (Å²) >= 11 is 6.02. The van der Waals surface area contributed by atoms with Crippen LogP contribution >= 0.6 is 11.6 Å². The molecule has 3 N–H and O–H groups in total. The normalized spacial score (nSPS) is 12.0. The summed E-state index contributed by atoms with van der Waals surface area (Å²) in [6, 6.07) is 12.3. The van der Waals surface area contributed by atoms with Crippen molar-refractivity contribution in [2.45, 2.75) is 13.0 Å². The highest BCUT2D eigenvalue weighted by Gasteiger charge is 2.16. The summed E-state index contributed by atoms with van der Waals surface area (Å²) in [6.45, 7) is 2.01. The zero-order valence-electron chi connectivity index (χ0n) is 11.9. The summed E-state index contributed by atoms with van der Waals surface area (Å²) in [4.78, 5) is 13.0. The molecule has 0 aliphatic carbocycles. The van der Waals surface area contributed by atoms with Crippen LogP contribution < -0.4 is 10.6 Å². The van der Waals surface area contributed by atoms with Crippen LogP contribution in [0.15, 0.2) is 42.5 Å². The summed E-state index contributed by atoms with van der Waals surface area (Å²) in [7, 11) is 1.88. The van der Waals surface area contributed by atoms with Crippen LogP contribution in [0.3, 0.4) is 0 Å². The Labute approximate surface area is 128 Å². The fraction of sp³-hybridized carbons (Fsp3) is 0.188. The monoisotopic (exact) mass is 304 g/mol. The molecule has 110 valence electrons. The molecule has 0 saturated carbocycles. The number of anilines is 2. The lowest BCUT2D eigenvalue weighted by atomic mass is 10.1. The Balaban J connectivity index is 2.37. The summed E-state index contributed by atoms with van der Waals surface area (Å²) in [5, 5.41) is 9.76. The first-order valence-electron chi connectivity index (χ1n) is 6.51. The van der Waals surface area contributed by atoms with Crippen molar-refractivity contribution in [2.24, 2.45) is 0 Å². The van der Waals surface area contributed by atoms with Crippen molar-refractivity contribution < 1.29 is 9.90 Å². The van der Waals surface area contributed by atoms with Crippen LogP contribution in [0.4, 0.5) is 11.4 Å². The maximum atomic E-state index is 11.1. The number of nitrogen functional groups attached to an aromatic ring is 1. The van der Waals surface area contributed by atoms with E-state index in [4.69, 9.17) is 22.4 Å². The highest BCUT2D eigenvalue weighted by atomic mass is 35.5. The van der Waals surface area contributed by atoms with Gasteiger partial charge in [-0.05, 0) is 42.8 Å². The second kappa shape index (κ2) is 6.06. The van der Waals surface area contributed by atoms with Crippen molar-refractivity contribution in [3.63, 3.8) is 0 Å². The van der Waals surface area contributed by atoms with Gasteiger partial charge in [-0.25, -0.2) is 4.79 Å². The van der Waals surface area contributed by atoms with Gasteiger partial charge in [0.2, 0.25) is 0 Å². The third kappa shape index (κ3) is 3.28. The van der Waals surface area contributed by atoms with Gasteiger partial charge in [0, 0.05) is 12.1 Å². The Bertz CT molecular complexity index is 673. The first-order chi connectivity index (χ1) is 9.90. The van der Waals surface area contributed by atoms with Crippen molar-refractivity contribution in [1.29, 1.82) is 0 Å². The van der Waals surface area contributed by atoms with Gasteiger partial charge in [0.25, 0.3) is 0 Å². The summed E-state index contributed by atoms with van der Waals surface area (Å²) in [5.74, 6) is -0.972. The number of benzene rings is 2. The molecule has 0 spiro atoms. The molecule has 0 aliphatic rings. The van der Waals surface area contributed by atoms with Gasteiger partial charge in [0.1, 0.15) is 0 Å². The quantitative estimate of drug-likeness (QED) is 0.843. The number of carboxylic acids is 1. The second-order valence-electron chi connectivity index (χ2n) is 4.92. The standard InChI is InChI=1S/C16H17ClN2O2/c1-10(11-4-3-5-13(17)8-11)19(2)15-9-12(16(20)21)6-7-14(15)18/h3-10H,18H2,1-2H3,(H,20,21). The average molecular weight is 305 g/mol. The minimum atomic E-state index is -0.972. The number of carboxylic acid groups (broad SMARTS) is 1. The molecule has 0 fully saturated rings. The smallest absolute Gasteiger partial charge is 0.335 e. The molecule has 2 aromatic rings. The molecule has 0 saturated heterocycles. The first-order valence-corrected chi connectivity index (χ1v) is 6.89. The predicted octanol–water partition coefficient (Wildman–Crippen LogP) is 3.82. The minimum absolute atomic E-state index is 0.00930. The molecule has 0 bridgehead atoms. The molecule has 2 aromatic carbocycles. The van der Waals surface area contributed by atoms with Gasteiger partial charge in [0.05, 0.1) is 23.0 Å². The van der Waals surface area contributed by atoms with E-state index in [-0.39, 0.29) is 11.6 Å². The number of nitrogens with zero attached hydrogens (tertiary/aromatic N) is 1. The predicted molar refractivity (Wildman–Crippen MR) is 86.1 cm³/mol. The van der Waals surface area contributed by atoms with Crippen LogP contribution in [-0.2, 0) is 0 Å². The van der Waals surface area contributed by atoms with Crippen molar-refractivity contribution in [2.75, 3.05) is 17.7 Å². The molecule has 1 atom stereocenters. The molecule has 0 heterocycles. The third-order valence-corrected chi connectivity index (χ3v) is 3.80. The van der Waals surface area contributed by atoms with E-state index in [1.54, 1.807) is 12.1 Å². The van der Waals surface area contributed by atoms with Gasteiger partial charge < -0.3 is 15.7 Å². The van der Waals surface area contributed by atoms with E-state index in [2.05, 4.69) is 0 Å². The van der Waals surface area contributed by atoms with E-state index in [0.29, 0.717) is 16.4 Å². The van der Waals surface area contributed by atoms with Crippen molar-refractivity contribution in [1.82, 2.24) is 0 Å². The molecule has 0 aromatic heterocycles. The van der Waals surface area contributed by atoms with Gasteiger partial charge in [-0.3, -0.25) is 0 Å². The second-order valence-corrected chi connectivity index (χ2v) is 5.36. The summed E-state index contributed by atoms with van der Waals surface area (Å²) < 4.78 is 0. The van der Waals surface area contributed by atoms with Crippen LogP contribution in [0.1, 0.15) is 28.9 Å². The average Bonchev–Trinajstić information content (AvgIpc) is 2.46. The summed E-state index contributed by atoms with van der Waals surface area (Å²) in [5.41, 5.74) is 8.44. The lowest BCUT2D eigenvalue weighted by Gasteiger charge is -2.29. The number of nitrogens with two attached hydrogens (primary N) is 1. The number of hydrogen-bond donors (Lipinski definition) is 2. The van der Waals surface area contributed by atoms with Crippen LogP contribution in [-0.4, -0.2) is 18.1 Å². The number of carbonyl (C=O) groups is 1. The van der Waals surface area contributed by atoms with Crippen LogP contribution in [0.5, 0.6) is 0 Å². The maximum absolute atomic E-state index is 11.1. The highest BCUT2D eigenvalue weighted by molar-refractivity contribution is 6.30. The van der Waals surface area contributed by atoms with Gasteiger partial charge in [0.15, 0.2) is 0 Å². The number of aromatic carboxylic acids is 1. The molecule has 1 unspecified atom stereocenters. The van der Waals surface area contributed by atoms with E-state index >= 15 is 0 Å². The number of rotatable bonds is 4. The van der Waals surface area contributed by atoms with Gasteiger partial charge in [-0.1, -0.05) is 23.7 Å². The van der Waals surface area contributed by atoms with Crippen molar-refractivity contribution in [3.05, 3.63) is 58.6 Å². The molecule has 0 aliphatic heterocycles. The Hall–Kier alpha value is -2.20.